The van der Waals surface area contributed by atoms with Gasteiger partial charge in [-0.15, -0.1) is 0 Å². The van der Waals surface area contributed by atoms with Crippen molar-refractivity contribution in [2.75, 3.05) is 0 Å². The molecule has 0 unspecified atom stereocenters. The summed E-state index contributed by atoms with van der Waals surface area (Å²) in [5, 5.41) is 0.759. The van der Waals surface area contributed by atoms with Crippen molar-refractivity contribution in [2.24, 2.45) is 0 Å². The Morgan fingerprint density at radius 1 is 1.07 bits per heavy atom. The lowest BCUT2D eigenvalue weighted by molar-refractivity contribution is -0.139. The zero-order valence-electron chi connectivity index (χ0n) is 7.34. The largest absolute Gasteiger partial charge is 0.447 e. The summed E-state index contributed by atoms with van der Waals surface area (Å²) < 4.78 is 4.99. The summed E-state index contributed by atoms with van der Waals surface area (Å²) in [6.07, 6.45) is -0.607. The van der Waals surface area contributed by atoms with E-state index in [-0.39, 0.29) is 10.1 Å². The van der Waals surface area contributed by atoms with Crippen LogP contribution in [-0.4, -0.2) is 5.97 Å². The molecule has 1 aromatic rings. The molecule has 1 aromatic carbocycles. The molecular weight excluding hydrogens is 258 g/mol. The van der Waals surface area contributed by atoms with Gasteiger partial charge < -0.3 is 4.74 Å². The molecule has 15 heavy (non-hydrogen) atoms. The maximum absolute atomic E-state index is 11.1. The second kappa shape index (κ2) is 4.05. The highest BCUT2D eigenvalue weighted by Gasteiger charge is 2.33. The van der Waals surface area contributed by atoms with E-state index in [1.807, 2.05) is 0 Å². The van der Waals surface area contributed by atoms with Gasteiger partial charge in [0.25, 0.3) is 0 Å². The van der Waals surface area contributed by atoms with Crippen LogP contribution in [0.3, 0.4) is 0 Å². The van der Waals surface area contributed by atoms with Gasteiger partial charge >= 0.3 is 5.97 Å². The fourth-order valence-electron chi connectivity index (χ4n) is 1.28. The highest BCUT2D eigenvalue weighted by Crippen LogP contribution is 2.39. The number of carbonyl (C=O) groups is 1. The van der Waals surface area contributed by atoms with Gasteiger partial charge in [0.1, 0.15) is 5.03 Å². The van der Waals surface area contributed by atoms with Crippen molar-refractivity contribution in [1.29, 1.82) is 0 Å². The number of halogens is 3. The Kier molecular flexibility index (Phi) is 2.91. The first-order valence-electron chi connectivity index (χ1n) is 4.11. The van der Waals surface area contributed by atoms with Crippen molar-refractivity contribution in [1.82, 2.24) is 0 Å². The predicted octanol–water partition coefficient (Wildman–Crippen LogP) is 3.63. The van der Waals surface area contributed by atoms with Crippen LogP contribution in [0.2, 0.25) is 5.02 Å². The molecule has 0 N–H and O–H groups in total. The SMILES string of the molecule is O=C1O[C@@H](c2ccc(Cl)cc2)C(Cl)=C1Cl. The van der Waals surface area contributed by atoms with Crippen LogP contribution >= 0.6 is 34.8 Å². The standard InChI is InChI=1S/C10H5Cl3O2/c11-6-3-1-5(2-4-6)9-7(12)8(13)10(14)15-9/h1-4,9H/t9-/m0/s1. The number of carbonyl (C=O) groups excluding carboxylic acids is 1. The summed E-state index contributed by atoms with van der Waals surface area (Å²) in [6.45, 7) is 0. The molecule has 0 spiro atoms. The Balaban J connectivity index is 2.35. The summed E-state index contributed by atoms with van der Waals surface area (Å²) in [5.41, 5.74) is 0.744. The maximum atomic E-state index is 11.1. The highest BCUT2D eigenvalue weighted by molar-refractivity contribution is 6.48. The number of esters is 1. The molecule has 0 aromatic heterocycles. The second-order valence-corrected chi connectivity index (χ2v) is 4.22. The van der Waals surface area contributed by atoms with Gasteiger partial charge in [-0.1, -0.05) is 46.9 Å². The minimum absolute atomic E-state index is 0.0587. The summed E-state index contributed by atoms with van der Waals surface area (Å²) in [7, 11) is 0. The normalized spacial score (nSPS) is 20.7. The average Bonchev–Trinajstić information content (AvgIpc) is 2.47. The molecule has 0 radical (unpaired) electrons. The van der Waals surface area contributed by atoms with Crippen LogP contribution in [0, 0.1) is 0 Å². The van der Waals surface area contributed by atoms with Crippen molar-refractivity contribution < 1.29 is 9.53 Å². The Bertz CT molecular complexity index is 436. The minimum atomic E-state index is -0.607. The number of benzene rings is 1. The Labute approximate surface area is 101 Å². The zero-order chi connectivity index (χ0) is 11.0. The predicted molar refractivity (Wildman–Crippen MR) is 59.0 cm³/mol. The first-order valence-corrected chi connectivity index (χ1v) is 5.24. The molecule has 0 saturated heterocycles. The molecule has 0 bridgehead atoms. The molecule has 2 rings (SSSR count). The van der Waals surface area contributed by atoms with Crippen LogP contribution in [0.5, 0.6) is 0 Å². The van der Waals surface area contributed by atoms with Gasteiger partial charge in [0, 0.05) is 5.02 Å². The van der Waals surface area contributed by atoms with E-state index in [2.05, 4.69) is 0 Å². The lowest BCUT2D eigenvalue weighted by Gasteiger charge is -2.10. The van der Waals surface area contributed by atoms with E-state index in [0.717, 1.165) is 5.56 Å². The molecule has 1 aliphatic rings. The Hall–Kier alpha value is -0.700. The van der Waals surface area contributed by atoms with E-state index >= 15 is 0 Å². The van der Waals surface area contributed by atoms with E-state index in [1.54, 1.807) is 24.3 Å². The second-order valence-electron chi connectivity index (χ2n) is 3.00. The van der Waals surface area contributed by atoms with Gasteiger partial charge in [0.15, 0.2) is 6.10 Å². The molecule has 0 fully saturated rings. The van der Waals surface area contributed by atoms with Gasteiger partial charge in [0.05, 0.1) is 5.03 Å². The van der Waals surface area contributed by atoms with Crippen molar-refractivity contribution in [3.05, 3.63) is 44.9 Å². The highest BCUT2D eigenvalue weighted by atomic mass is 35.5. The fourth-order valence-corrected chi connectivity index (χ4v) is 1.79. The smallest absolute Gasteiger partial charge is 0.352 e. The van der Waals surface area contributed by atoms with Gasteiger partial charge in [0.2, 0.25) is 0 Å². The van der Waals surface area contributed by atoms with Crippen LogP contribution < -0.4 is 0 Å². The first-order chi connectivity index (χ1) is 7.09. The number of ether oxygens (including phenoxy) is 1. The fraction of sp³-hybridized carbons (Fsp3) is 0.100. The Morgan fingerprint density at radius 3 is 2.13 bits per heavy atom. The lowest BCUT2D eigenvalue weighted by atomic mass is 10.1. The molecular formula is C10H5Cl3O2. The molecule has 1 aliphatic heterocycles. The minimum Gasteiger partial charge on any atom is -0.447 e. The van der Waals surface area contributed by atoms with E-state index in [1.165, 1.54) is 0 Å². The number of rotatable bonds is 1. The Morgan fingerprint density at radius 2 is 1.67 bits per heavy atom. The lowest BCUT2D eigenvalue weighted by Crippen LogP contribution is -2.01. The molecule has 5 heteroatoms. The monoisotopic (exact) mass is 262 g/mol. The van der Waals surface area contributed by atoms with Crippen molar-refractivity contribution in [2.45, 2.75) is 6.10 Å². The first kappa shape index (κ1) is 10.8. The van der Waals surface area contributed by atoms with E-state index in [0.29, 0.717) is 5.02 Å². The molecule has 2 nitrogen and oxygen atoms in total. The molecule has 1 atom stereocenters. The van der Waals surface area contributed by atoms with Crippen molar-refractivity contribution in [3.8, 4) is 0 Å². The number of hydrogen-bond acceptors (Lipinski definition) is 2. The average molecular weight is 264 g/mol. The van der Waals surface area contributed by atoms with E-state index in [4.69, 9.17) is 39.5 Å². The number of cyclic esters (lactones) is 1. The van der Waals surface area contributed by atoms with Crippen LogP contribution in [0.25, 0.3) is 0 Å². The van der Waals surface area contributed by atoms with E-state index < -0.39 is 12.1 Å². The molecule has 78 valence electrons. The quantitative estimate of drug-likeness (QED) is 0.723. The summed E-state index contributed by atoms with van der Waals surface area (Å²) in [6, 6.07) is 6.86. The molecule has 0 saturated carbocycles. The van der Waals surface area contributed by atoms with Crippen molar-refractivity contribution in [3.63, 3.8) is 0 Å². The number of hydrogen-bond donors (Lipinski definition) is 0. The van der Waals surface area contributed by atoms with Gasteiger partial charge in [-0.2, -0.15) is 0 Å². The molecule has 0 amide bonds. The topological polar surface area (TPSA) is 26.3 Å². The summed E-state index contributed by atoms with van der Waals surface area (Å²) in [5.74, 6) is -0.596. The van der Waals surface area contributed by atoms with Crippen LogP contribution in [-0.2, 0) is 9.53 Å². The van der Waals surface area contributed by atoms with Crippen LogP contribution in [0.1, 0.15) is 11.7 Å². The van der Waals surface area contributed by atoms with E-state index in [9.17, 15) is 4.79 Å². The summed E-state index contributed by atoms with van der Waals surface area (Å²) >= 11 is 17.2. The third kappa shape index (κ3) is 1.98. The summed E-state index contributed by atoms with van der Waals surface area (Å²) in [4.78, 5) is 11.1. The van der Waals surface area contributed by atoms with Gasteiger partial charge in [-0.3, -0.25) is 0 Å². The van der Waals surface area contributed by atoms with Gasteiger partial charge in [-0.05, 0) is 17.7 Å². The van der Waals surface area contributed by atoms with Gasteiger partial charge in [-0.25, -0.2) is 4.79 Å². The maximum Gasteiger partial charge on any atom is 0.352 e. The third-order valence-electron chi connectivity index (χ3n) is 2.02. The van der Waals surface area contributed by atoms with Crippen LogP contribution in [0.15, 0.2) is 34.3 Å². The van der Waals surface area contributed by atoms with Crippen molar-refractivity contribution >= 4 is 40.8 Å². The zero-order valence-corrected chi connectivity index (χ0v) is 9.60. The molecule has 0 aliphatic carbocycles. The molecule has 1 heterocycles. The van der Waals surface area contributed by atoms with Crippen LogP contribution in [0.4, 0.5) is 0 Å². The third-order valence-corrected chi connectivity index (χ3v) is 3.11.